The van der Waals surface area contributed by atoms with E-state index in [0.29, 0.717) is 11.3 Å². The minimum atomic E-state index is -2.10. The van der Waals surface area contributed by atoms with Crippen LogP contribution in [0, 0.1) is 32.1 Å². The second kappa shape index (κ2) is 14.9. The zero-order chi connectivity index (χ0) is 33.5. The van der Waals surface area contributed by atoms with E-state index in [9.17, 15) is 24.6 Å². The van der Waals surface area contributed by atoms with Crippen molar-refractivity contribution in [2.75, 3.05) is 0 Å². The lowest BCUT2D eigenvalue weighted by atomic mass is 9.81. The highest BCUT2D eigenvalue weighted by Gasteiger charge is 2.46. The number of carboxylic acids is 2. The van der Waals surface area contributed by atoms with Crippen LogP contribution < -0.4 is 9.47 Å². The van der Waals surface area contributed by atoms with Crippen molar-refractivity contribution in [1.29, 1.82) is 0 Å². The third-order valence-corrected chi connectivity index (χ3v) is 9.16. The van der Waals surface area contributed by atoms with Gasteiger partial charge in [-0.3, -0.25) is 9.59 Å². The van der Waals surface area contributed by atoms with Crippen molar-refractivity contribution < 1.29 is 34.1 Å². The number of carbonyl (C=O) groups excluding carboxylic acids is 1. The molecule has 0 spiro atoms. The molecule has 2 N–H and O–H groups in total. The van der Waals surface area contributed by atoms with Crippen LogP contribution in [0.5, 0.6) is 11.5 Å². The minimum absolute atomic E-state index is 0.325. The van der Waals surface area contributed by atoms with Crippen LogP contribution in [0.3, 0.4) is 0 Å². The summed E-state index contributed by atoms with van der Waals surface area (Å²) in [6, 6.07) is 0. The third kappa shape index (κ3) is 8.65. The van der Waals surface area contributed by atoms with E-state index < -0.39 is 29.2 Å². The zero-order valence-corrected chi connectivity index (χ0v) is 28.2. The zero-order valence-electron chi connectivity index (χ0n) is 28.2. The van der Waals surface area contributed by atoms with Gasteiger partial charge in [0.25, 0.3) is 0 Å². The Kier molecular flexibility index (Phi) is 11.8. The van der Waals surface area contributed by atoms with Gasteiger partial charge in [-0.15, -0.1) is 0 Å². The van der Waals surface area contributed by atoms with Gasteiger partial charge in [-0.25, -0.2) is 4.79 Å². The maximum Gasteiger partial charge on any atom is 0.336 e. The number of allylic oxidation sites excluding steroid dienone is 6. The van der Waals surface area contributed by atoms with E-state index in [0.717, 1.165) is 86.0 Å². The molecule has 45 heavy (non-hydrogen) atoms. The summed E-state index contributed by atoms with van der Waals surface area (Å²) in [6.07, 6.45) is 19.2. The van der Waals surface area contributed by atoms with Gasteiger partial charge in [-0.1, -0.05) is 59.3 Å². The molecule has 0 fully saturated rings. The van der Waals surface area contributed by atoms with Crippen molar-refractivity contribution in [2.45, 2.75) is 112 Å². The molecule has 3 rings (SSSR count). The van der Waals surface area contributed by atoms with E-state index in [1.165, 1.54) is 28.9 Å². The lowest BCUT2D eigenvalue weighted by molar-refractivity contribution is -0.156. The second-order valence-electron chi connectivity index (χ2n) is 13.2. The molecule has 0 radical (unpaired) electrons. The van der Waals surface area contributed by atoms with E-state index >= 15 is 0 Å². The van der Waals surface area contributed by atoms with Gasteiger partial charge in [0, 0.05) is 5.56 Å². The SMILES string of the molecule is CC(C)=CCC/C(C)=C/CC/C(C)=C/CC[C@]1(C)CCc2c(C)c(OC(=O)C3(C(=O)O)C=CC(C(=O)O)C=C3)c(C)c(C)c2O1. The van der Waals surface area contributed by atoms with E-state index in [1.807, 2.05) is 20.8 Å². The average Bonchev–Trinajstić information content (AvgIpc) is 2.97. The highest BCUT2D eigenvalue weighted by molar-refractivity contribution is 6.05. The number of benzene rings is 1. The topological polar surface area (TPSA) is 110 Å². The van der Waals surface area contributed by atoms with Gasteiger partial charge < -0.3 is 19.7 Å². The normalized spacial score (nSPS) is 22.8. The molecule has 1 aliphatic heterocycles. The number of ether oxygens (including phenoxy) is 2. The molecular formula is C38H50O7. The first-order chi connectivity index (χ1) is 21.1. The molecule has 1 heterocycles. The molecular weight excluding hydrogens is 568 g/mol. The fourth-order valence-electron chi connectivity index (χ4n) is 5.91. The lowest BCUT2D eigenvalue weighted by Crippen LogP contribution is -2.41. The Labute approximate surface area is 268 Å². The molecule has 244 valence electrons. The molecule has 0 unspecified atom stereocenters. The highest BCUT2D eigenvalue weighted by atomic mass is 16.5. The van der Waals surface area contributed by atoms with Crippen LogP contribution in [0.25, 0.3) is 0 Å². The van der Waals surface area contributed by atoms with Crippen molar-refractivity contribution in [1.82, 2.24) is 0 Å². The van der Waals surface area contributed by atoms with Crippen molar-refractivity contribution in [3.05, 3.63) is 81.5 Å². The maximum atomic E-state index is 13.3. The average molecular weight is 619 g/mol. The number of carboxylic acid groups (broad SMARTS) is 2. The lowest BCUT2D eigenvalue weighted by Gasteiger charge is -2.38. The Balaban J connectivity index is 1.68. The van der Waals surface area contributed by atoms with E-state index in [4.69, 9.17) is 9.47 Å². The van der Waals surface area contributed by atoms with E-state index in [-0.39, 0.29) is 5.60 Å². The number of carbonyl (C=O) groups is 3. The smallest absolute Gasteiger partial charge is 0.336 e. The van der Waals surface area contributed by atoms with Crippen LogP contribution in [-0.4, -0.2) is 33.7 Å². The number of hydrogen-bond donors (Lipinski definition) is 2. The number of rotatable bonds is 13. The van der Waals surface area contributed by atoms with Gasteiger partial charge in [0.05, 0.1) is 5.92 Å². The highest BCUT2D eigenvalue weighted by Crippen LogP contribution is 2.45. The van der Waals surface area contributed by atoms with E-state index in [2.05, 4.69) is 52.8 Å². The van der Waals surface area contributed by atoms with Crippen molar-refractivity contribution >= 4 is 17.9 Å². The first-order valence-electron chi connectivity index (χ1n) is 15.9. The van der Waals surface area contributed by atoms with Gasteiger partial charge >= 0.3 is 17.9 Å². The summed E-state index contributed by atoms with van der Waals surface area (Å²) in [5.41, 5.74) is 5.03. The van der Waals surface area contributed by atoms with Crippen LogP contribution >= 0.6 is 0 Å². The molecule has 0 saturated carbocycles. The van der Waals surface area contributed by atoms with Crippen molar-refractivity contribution in [2.24, 2.45) is 11.3 Å². The molecule has 1 aromatic rings. The van der Waals surface area contributed by atoms with Crippen molar-refractivity contribution in [3.8, 4) is 11.5 Å². The summed E-state index contributed by atoms with van der Waals surface area (Å²) in [5.74, 6) is -3.42. The maximum absolute atomic E-state index is 13.3. The predicted molar refractivity (Wildman–Crippen MR) is 178 cm³/mol. The van der Waals surface area contributed by atoms with Crippen LogP contribution in [0.15, 0.2) is 59.3 Å². The Bertz CT molecular complexity index is 1450. The summed E-state index contributed by atoms with van der Waals surface area (Å²) in [5, 5.41) is 19.2. The molecule has 0 amide bonds. The quantitative estimate of drug-likeness (QED) is 0.0985. The Morgan fingerprint density at radius 2 is 1.47 bits per heavy atom. The van der Waals surface area contributed by atoms with E-state index in [1.54, 1.807) is 0 Å². The molecule has 1 aromatic carbocycles. The monoisotopic (exact) mass is 618 g/mol. The van der Waals surface area contributed by atoms with Crippen molar-refractivity contribution in [3.63, 3.8) is 0 Å². The first kappa shape index (κ1) is 35.6. The number of esters is 1. The molecule has 1 atom stereocenters. The molecule has 7 nitrogen and oxygen atoms in total. The predicted octanol–water partition coefficient (Wildman–Crippen LogP) is 8.70. The standard InChI is InChI=1S/C38H50O7/c1-24(2)12-9-13-25(3)14-10-15-26(4)16-11-20-37(8)21-19-31-29(7)32(27(5)28(6)33(31)45-37)44-36(43)38(35(41)42)22-17-30(18-23-38)34(39)40/h12,14,16-18,22-23,30H,9-11,13,15,19-21H2,1-8H3,(H,39,40)(H,41,42)/b25-14+,26-16+/t30?,37-,38?/m1/s1. The number of fused-ring (bicyclic) bond motifs is 1. The summed E-state index contributed by atoms with van der Waals surface area (Å²) in [6.45, 7) is 16.5. The second-order valence-corrected chi connectivity index (χ2v) is 13.2. The molecule has 7 heteroatoms. The Hall–Kier alpha value is -3.87. The van der Waals surface area contributed by atoms with Crippen LogP contribution in [-0.2, 0) is 20.8 Å². The number of hydrogen-bond acceptors (Lipinski definition) is 5. The minimum Gasteiger partial charge on any atom is -0.487 e. The summed E-state index contributed by atoms with van der Waals surface area (Å²) >= 11 is 0. The molecule has 0 saturated heterocycles. The third-order valence-electron chi connectivity index (χ3n) is 9.16. The summed E-state index contributed by atoms with van der Waals surface area (Å²) < 4.78 is 12.5. The summed E-state index contributed by atoms with van der Waals surface area (Å²) in [4.78, 5) is 36.9. The molecule has 0 aromatic heterocycles. The van der Waals surface area contributed by atoms with Gasteiger partial charge in [0.15, 0.2) is 0 Å². The van der Waals surface area contributed by atoms with Gasteiger partial charge in [0.1, 0.15) is 17.1 Å². The fraction of sp³-hybridized carbons (Fsp3) is 0.500. The largest absolute Gasteiger partial charge is 0.487 e. The molecule has 0 bridgehead atoms. The van der Waals surface area contributed by atoms with Crippen LogP contribution in [0.4, 0.5) is 0 Å². The summed E-state index contributed by atoms with van der Waals surface area (Å²) in [7, 11) is 0. The fourth-order valence-corrected chi connectivity index (χ4v) is 5.91. The number of aliphatic carboxylic acids is 2. The van der Waals surface area contributed by atoms with Crippen LogP contribution in [0.2, 0.25) is 0 Å². The molecule has 1 aliphatic carbocycles. The first-order valence-corrected chi connectivity index (χ1v) is 15.9. The molecule has 2 aliphatic rings. The van der Waals surface area contributed by atoms with Gasteiger partial charge in [-0.2, -0.15) is 0 Å². The van der Waals surface area contributed by atoms with Gasteiger partial charge in [-0.05, 0) is 123 Å². The Morgan fingerprint density at radius 1 is 0.889 bits per heavy atom. The van der Waals surface area contributed by atoms with Gasteiger partial charge in [0.2, 0.25) is 5.41 Å². The Morgan fingerprint density at radius 3 is 2.02 bits per heavy atom. The van der Waals surface area contributed by atoms with Crippen LogP contribution in [0.1, 0.15) is 102 Å².